The summed E-state index contributed by atoms with van der Waals surface area (Å²) in [7, 11) is -3.29. The van der Waals surface area contributed by atoms with Crippen LogP contribution in [0, 0.1) is 0 Å². The summed E-state index contributed by atoms with van der Waals surface area (Å²) in [5.41, 5.74) is -0.0616. The molecule has 0 spiro atoms. The van der Waals surface area contributed by atoms with E-state index in [9.17, 15) is 26.4 Å². The fourth-order valence-corrected chi connectivity index (χ4v) is 4.51. The van der Waals surface area contributed by atoms with E-state index in [0.29, 0.717) is 24.2 Å². The Bertz CT molecular complexity index is 979. The van der Waals surface area contributed by atoms with E-state index in [0.717, 1.165) is 6.07 Å². The van der Waals surface area contributed by atoms with E-state index < -0.39 is 27.7 Å². The van der Waals surface area contributed by atoms with E-state index in [1.807, 2.05) is 0 Å². The topological polar surface area (TPSA) is 91.4 Å². The maximum atomic E-state index is 12.9. The number of rotatable bonds is 6. The Balaban J connectivity index is 1.53. The van der Waals surface area contributed by atoms with Gasteiger partial charge in [-0.15, -0.1) is 0 Å². The molecule has 7 nitrogen and oxygen atoms in total. The summed E-state index contributed by atoms with van der Waals surface area (Å²) in [6, 6.07) is 8.25. The van der Waals surface area contributed by atoms with Crippen LogP contribution in [0.4, 0.5) is 24.7 Å². The molecule has 1 amide bonds. The number of amides is 1. The second-order valence-electron chi connectivity index (χ2n) is 6.37. The van der Waals surface area contributed by atoms with Crippen LogP contribution < -0.4 is 14.9 Å². The molecule has 1 aromatic heterocycles. The molecule has 2 N–H and O–H groups in total. The molecule has 2 aromatic rings. The van der Waals surface area contributed by atoms with E-state index in [4.69, 9.17) is 0 Å². The van der Waals surface area contributed by atoms with Crippen LogP contribution in [0.5, 0.6) is 0 Å². The molecule has 2 heterocycles. The number of benzene rings is 1. The molecule has 0 aliphatic carbocycles. The van der Waals surface area contributed by atoms with Gasteiger partial charge in [-0.05, 0) is 42.8 Å². The van der Waals surface area contributed by atoms with Gasteiger partial charge in [0.2, 0.25) is 10.0 Å². The molecule has 0 radical (unpaired) electrons. The van der Waals surface area contributed by atoms with E-state index in [1.54, 1.807) is 12.1 Å². The van der Waals surface area contributed by atoms with Crippen molar-refractivity contribution in [3.05, 3.63) is 53.7 Å². The Kier molecular flexibility index (Phi) is 5.96. The molecular formula is C18H19F3N4O3S. The van der Waals surface area contributed by atoms with Crippen LogP contribution in [0.15, 0.2) is 42.6 Å². The molecule has 0 saturated carbocycles. The molecule has 1 aliphatic rings. The van der Waals surface area contributed by atoms with Gasteiger partial charge in [-0.1, -0.05) is 0 Å². The number of pyridine rings is 1. The maximum absolute atomic E-state index is 12.9. The number of nitrogens with one attached hydrogen (secondary N) is 2. The Morgan fingerprint density at radius 2 is 1.86 bits per heavy atom. The molecule has 0 unspecified atom stereocenters. The van der Waals surface area contributed by atoms with Gasteiger partial charge in [0.15, 0.2) is 0 Å². The monoisotopic (exact) mass is 428 g/mol. The highest BCUT2D eigenvalue weighted by Gasteiger charge is 2.34. The SMILES string of the molecule is O=C(NCCNc1ncccc1C(F)(F)F)c1ccc(N2CCCS2(=O)=O)cc1. The van der Waals surface area contributed by atoms with Gasteiger partial charge in [0.25, 0.3) is 5.91 Å². The zero-order valence-corrected chi connectivity index (χ0v) is 16.1. The number of hydrogen-bond acceptors (Lipinski definition) is 5. The van der Waals surface area contributed by atoms with E-state index in [1.165, 1.54) is 28.7 Å². The Hall–Kier alpha value is -2.82. The highest BCUT2D eigenvalue weighted by Crippen LogP contribution is 2.33. The van der Waals surface area contributed by atoms with Crippen LogP contribution in [0.1, 0.15) is 22.3 Å². The fraction of sp³-hybridized carbons (Fsp3) is 0.333. The van der Waals surface area contributed by atoms with Gasteiger partial charge < -0.3 is 10.6 Å². The molecule has 1 saturated heterocycles. The number of carbonyl (C=O) groups is 1. The molecule has 1 fully saturated rings. The summed E-state index contributed by atoms with van der Waals surface area (Å²) in [5, 5.41) is 5.15. The number of carbonyl (C=O) groups excluding carboxylic acids is 1. The van der Waals surface area contributed by atoms with Gasteiger partial charge in [-0.25, -0.2) is 13.4 Å². The summed E-state index contributed by atoms with van der Waals surface area (Å²) in [6.07, 6.45) is -2.72. The average molecular weight is 428 g/mol. The third kappa shape index (κ3) is 4.97. The highest BCUT2D eigenvalue weighted by molar-refractivity contribution is 7.93. The van der Waals surface area contributed by atoms with Crippen molar-refractivity contribution in [3.63, 3.8) is 0 Å². The van der Waals surface area contributed by atoms with Crippen LogP contribution in [0.25, 0.3) is 0 Å². The molecular weight excluding hydrogens is 409 g/mol. The Labute approximate surface area is 166 Å². The summed E-state index contributed by atoms with van der Waals surface area (Å²) < 4.78 is 63.9. The van der Waals surface area contributed by atoms with Gasteiger partial charge in [-0.3, -0.25) is 9.10 Å². The summed E-state index contributed by atoms with van der Waals surface area (Å²) in [5.74, 6) is -0.612. The van der Waals surface area contributed by atoms with Crippen molar-refractivity contribution in [2.24, 2.45) is 0 Å². The van der Waals surface area contributed by atoms with Crippen molar-refractivity contribution in [3.8, 4) is 0 Å². The van der Waals surface area contributed by atoms with Crippen molar-refractivity contribution >= 4 is 27.4 Å². The number of aromatic nitrogens is 1. The first-order valence-electron chi connectivity index (χ1n) is 8.83. The van der Waals surface area contributed by atoms with Crippen molar-refractivity contribution in [2.75, 3.05) is 35.0 Å². The third-order valence-electron chi connectivity index (χ3n) is 4.33. The molecule has 3 rings (SSSR count). The standard InChI is InChI=1S/C18H19F3N4O3S/c19-18(20,21)15-3-1-8-22-16(15)23-9-10-24-17(26)13-4-6-14(7-5-13)25-11-2-12-29(25,27)28/h1,3-8H,2,9-12H2,(H,22,23)(H,24,26). The Morgan fingerprint density at radius 3 is 2.48 bits per heavy atom. The van der Waals surface area contributed by atoms with Gasteiger partial charge in [-0.2, -0.15) is 13.2 Å². The minimum absolute atomic E-state index is 0.0515. The molecule has 0 bridgehead atoms. The third-order valence-corrected chi connectivity index (χ3v) is 6.20. The number of halogens is 3. The highest BCUT2D eigenvalue weighted by atomic mass is 32.2. The zero-order valence-electron chi connectivity index (χ0n) is 15.2. The van der Waals surface area contributed by atoms with Gasteiger partial charge in [0, 0.05) is 31.4 Å². The number of hydrogen-bond donors (Lipinski definition) is 2. The molecule has 1 aliphatic heterocycles. The summed E-state index contributed by atoms with van der Waals surface area (Å²) in [6.45, 7) is 0.540. The molecule has 0 atom stereocenters. The Morgan fingerprint density at radius 1 is 1.14 bits per heavy atom. The lowest BCUT2D eigenvalue weighted by molar-refractivity contribution is -0.137. The van der Waals surface area contributed by atoms with Crippen LogP contribution in [-0.4, -0.2) is 44.7 Å². The second-order valence-corrected chi connectivity index (χ2v) is 8.38. The van der Waals surface area contributed by atoms with Crippen molar-refractivity contribution in [1.29, 1.82) is 0 Å². The average Bonchev–Trinajstić information content (AvgIpc) is 3.04. The first-order valence-corrected chi connectivity index (χ1v) is 10.4. The number of sulfonamides is 1. The van der Waals surface area contributed by atoms with E-state index in [-0.39, 0.29) is 24.7 Å². The molecule has 29 heavy (non-hydrogen) atoms. The van der Waals surface area contributed by atoms with Crippen LogP contribution in [-0.2, 0) is 16.2 Å². The molecule has 156 valence electrons. The van der Waals surface area contributed by atoms with Crippen LogP contribution in [0.2, 0.25) is 0 Å². The normalized spacial score (nSPS) is 15.9. The lowest BCUT2D eigenvalue weighted by atomic mass is 10.2. The molecule has 1 aromatic carbocycles. The summed E-state index contributed by atoms with van der Waals surface area (Å²) in [4.78, 5) is 15.9. The number of alkyl halides is 3. The fourth-order valence-electron chi connectivity index (χ4n) is 2.94. The summed E-state index contributed by atoms with van der Waals surface area (Å²) >= 11 is 0. The quantitative estimate of drug-likeness (QED) is 0.690. The predicted molar refractivity (Wildman–Crippen MR) is 102 cm³/mol. The number of nitrogens with zero attached hydrogens (tertiary/aromatic N) is 2. The first kappa shape index (κ1) is 20.9. The second kappa shape index (κ2) is 8.27. The smallest absolute Gasteiger partial charge is 0.368 e. The van der Waals surface area contributed by atoms with Crippen molar-refractivity contribution in [1.82, 2.24) is 10.3 Å². The van der Waals surface area contributed by atoms with Crippen LogP contribution in [0.3, 0.4) is 0 Å². The van der Waals surface area contributed by atoms with Crippen molar-refractivity contribution in [2.45, 2.75) is 12.6 Å². The van der Waals surface area contributed by atoms with Crippen LogP contribution >= 0.6 is 0 Å². The van der Waals surface area contributed by atoms with E-state index in [2.05, 4.69) is 15.6 Å². The maximum Gasteiger partial charge on any atom is 0.419 e. The predicted octanol–water partition coefficient (Wildman–Crippen LogP) is 2.48. The molecule has 11 heteroatoms. The van der Waals surface area contributed by atoms with Gasteiger partial charge in [0.05, 0.1) is 17.0 Å². The largest absolute Gasteiger partial charge is 0.419 e. The lowest BCUT2D eigenvalue weighted by Gasteiger charge is -2.17. The number of anilines is 2. The first-order chi connectivity index (χ1) is 13.7. The van der Waals surface area contributed by atoms with Gasteiger partial charge in [0.1, 0.15) is 5.82 Å². The van der Waals surface area contributed by atoms with E-state index >= 15 is 0 Å². The lowest BCUT2D eigenvalue weighted by Crippen LogP contribution is -2.29. The minimum Gasteiger partial charge on any atom is -0.368 e. The zero-order chi connectivity index (χ0) is 21.1. The van der Waals surface area contributed by atoms with Gasteiger partial charge >= 0.3 is 6.18 Å². The van der Waals surface area contributed by atoms with Crippen molar-refractivity contribution < 1.29 is 26.4 Å². The minimum atomic E-state index is -4.52.